The number of nitrogens with zero attached hydrogens (tertiary/aromatic N) is 1. The van der Waals surface area contributed by atoms with E-state index in [2.05, 4.69) is 11.9 Å². The van der Waals surface area contributed by atoms with Crippen LogP contribution in [-0.4, -0.2) is 16.6 Å². The lowest BCUT2D eigenvalue weighted by atomic mass is 9.86. The maximum Gasteiger partial charge on any atom is 0.164 e. The van der Waals surface area contributed by atoms with Crippen LogP contribution in [-0.2, 0) is 4.79 Å². The first-order valence-corrected chi connectivity index (χ1v) is 8.23. The number of aromatic nitrogens is 1. The smallest absolute Gasteiger partial charge is 0.164 e. The van der Waals surface area contributed by atoms with Crippen LogP contribution < -0.4 is 0 Å². The first-order chi connectivity index (χ1) is 11.2. The molecular weight excluding hydrogens is 286 g/mol. The number of ketones is 2. The van der Waals surface area contributed by atoms with E-state index in [0.717, 1.165) is 24.8 Å². The van der Waals surface area contributed by atoms with Gasteiger partial charge in [-0.15, -0.1) is 0 Å². The van der Waals surface area contributed by atoms with E-state index in [1.165, 1.54) is 0 Å². The Balaban J connectivity index is 2.13. The van der Waals surface area contributed by atoms with Crippen LogP contribution >= 0.6 is 0 Å². The minimum atomic E-state index is -0.353. The monoisotopic (exact) mass is 309 g/mol. The van der Waals surface area contributed by atoms with E-state index in [1.807, 2.05) is 30.3 Å². The second-order valence-electron chi connectivity index (χ2n) is 5.75. The van der Waals surface area contributed by atoms with E-state index in [0.29, 0.717) is 12.0 Å². The number of Topliss-reactive ketones (excluding diaryl/α,β-unsaturated/α-hetero) is 2. The van der Waals surface area contributed by atoms with Crippen LogP contribution in [0.15, 0.2) is 54.9 Å². The molecule has 1 heterocycles. The molecule has 0 bridgehead atoms. The predicted octanol–water partition coefficient (Wildman–Crippen LogP) is 4.59. The Hall–Kier alpha value is -2.29. The van der Waals surface area contributed by atoms with Crippen LogP contribution in [0.4, 0.5) is 0 Å². The fraction of sp³-hybridized carbons (Fsp3) is 0.350. The zero-order chi connectivity index (χ0) is 16.5. The van der Waals surface area contributed by atoms with Crippen molar-refractivity contribution in [2.75, 3.05) is 0 Å². The highest BCUT2D eigenvalue weighted by Gasteiger charge is 2.23. The van der Waals surface area contributed by atoms with Crippen molar-refractivity contribution in [1.82, 2.24) is 4.98 Å². The highest BCUT2D eigenvalue weighted by atomic mass is 16.1. The second kappa shape index (κ2) is 8.99. The molecule has 2 aromatic rings. The largest absolute Gasteiger partial charge is 0.299 e. The number of carbonyl (C=O) groups is 2. The average molecular weight is 309 g/mol. The van der Waals surface area contributed by atoms with Gasteiger partial charge in [-0.2, -0.15) is 0 Å². The van der Waals surface area contributed by atoms with Gasteiger partial charge in [0.2, 0.25) is 0 Å². The zero-order valence-electron chi connectivity index (χ0n) is 13.6. The van der Waals surface area contributed by atoms with Gasteiger partial charge in [0.15, 0.2) is 5.78 Å². The lowest BCUT2D eigenvalue weighted by Gasteiger charge is -2.16. The predicted molar refractivity (Wildman–Crippen MR) is 91.5 cm³/mol. The van der Waals surface area contributed by atoms with Crippen molar-refractivity contribution in [3.8, 4) is 0 Å². The molecule has 0 saturated carbocycles. The molecule has 0 radical (unpaired) electrons. The molecule has 3 nitrogen and oxygen atoms in total. The van der Waals surface area contributed by atoms with E-state index in [9.17, 15) is 9.59 Å². The van der Waals surface area contributed by atoms with E-state index in [1.54, 1.807) is 24.5 Å². The van der Waals surface area contributed by atoms with Gasteiger partial charge in [0, 0.05) is 36.7 Å². The lowest BCUT2D eigenvalue weighted by molar-refractivity contribution is -0.120. The molecular formula is C20H23NO2. The average Bonchev–Trinajstić information content (AvgIpc) is 2.61. The molecule has 0 aliphatic rings. The zero-order valence-corrected chi connectivity index (χ0v) is 13.6. The molecule has 1 unspecified atom stereocenters. The standard InChI is InChI=1S/C20H23NO2/c1-2-3-5-10-19(22)18(16-8-6-4-7-9-16)15-20(23)17-11-13-21-14-12-17/h4,6-9,11-14,18H,2-3,5,10,15H2,1H3. The topological polar surface area (TPSA) is 47.0 Å². The van der Waals surface area contributed by atoms with Crippen molar-refractivity contribution >= 4 is 11.6 Å². The van der Waals surface area contributed by atoms with Crippen molar-refractivity contribution in [1.29, 1.82) is 0 Å². The SMILES string of the molecule is CCCCCC(=O)C(CC(=O)c1ccncc1)c1ccccc1. The molecule has 1 atom stereocenters. The van der Waals surface area contributed by atoms with Gasteiger partial charge in [-0.25, -0.2) is 0 Å². The number of benzene rings is 1. The summed E-state index contributed by atoms with van der Waals surface area (Å²) in [6.07, 6.45) is 6.99. The summed E-state index contributed by atoms with van der Waals surface area (Å²) in [4.78, 5) is 29.0. The number of pyridine rings is 1. The molecule has 0 saturated heterocycles. The van der Waals surface area contributed by atoms with Crippen molar-refractivity contribution in [3.05, 3.63) is 66.0 Å². The third kappa shape index (κ3) is 5.13. The summed E-state index contributed by atoms with van der Waals surface area (Å²) in [5, 5.41) is 0. The van der Waals surface area contributed by atoms with Crippen LogP contribution in [0, 0.1) is 0 Å². The first-order valence-electron chi connectivity index (χ1n) is 8.23. The molecule has 0 fully saturated rings. The second-order valence-corrected chi connectivity index (χ2v) is 5.75. The Kier molecular flexibility index (Phi) is 6.67. The molecule has 2 rings (SSSR count). The van der Waals surface area contributed by atoms with Crippen LogP contribution in [0.3, 0.4) is 0 Å². The fourth-order valence-corrected chi connectivity index (χ4v) is 2.67. The van der Waals surface area contributed by atoms with E-state index < -0.39 is 0 Å². The van der Waals surface area contributed by atoms with Crippen molar-refractivity contribution in [3.63, 3.8) is 0 Å². The Bertz CT molecular complexity index is 623. The summed E-state index contributed by atoms with van der Waals surface area (Å²) in [5.41, 5.74) is 1.54. The molecule has 0 spiro atoms. The molecule has 0 N–H and O–H groups in total. The molecule has 0 aliphatic heterocycles. The Morgan fingerprint density at radius 3 is 2.35 bits per heavy atom. The van der Waals surface area contributed by atoms with Gasteiger partial charge in [-0.05, 0) is 24.1 Å². The minimum Gasteiger partial charge on any atom is -0.299 e. The summed E-state index contributed by atoms with van der Waals surface area (Å²) in [7, 11) is 0. The molecule has 120 valence electrons. The minimum absolute atomic E-state index is 0.00917. The van der Waals surface area contributed by atoms with Crippen molar-refractivity contribution < 1.29 is 9.59 Å². The maximum atomic E-state index is 12.6. The van der Waals surface area contributed by atoms with E-state index in [4.69, 9.17) is 0 Å². The summed E-state index contributed by atoms with van der Waals surface area (Å²) >= 11 is 0. The number of hydrogen-bond donors (Lipinski definition) is 0. The van der Waals surface area contributed by atoms with Gasteiger partial charge in [-0.1, -0.05) is 50.1 Å². The molecule has 1 aromatic carbocycles. The molecule has 0 amide bonds. The normalized spacial score (nSPS) is 11.9. The highest BCUT2D eigenvalue weighted by Crippen LogP contribution is 2.25. The van der Waals surface area contributed by atoms with Gasteiger partial charge < -0.3 is 0 Å². The first kappa shape index (κ1) is 17.1. The van der Waals surface area contributed by atoms with Gasteiger partial charge in [-0.3, -0.25) is 14.6 Å². The number of hydrogen-bond acceptors (Lipinski definition) is 3. The highest BCUT2D eigenvalue weighted by molar-refractivity contribution is 6.00. The number of unbranched alkanes of at least 4 members (excludes halogenated alkanes) is 2. The number of rotatable bonds is 9. The van der Waals surface area contributed by atoms with Crippen molar-refractivity contribution in [2.45, 2.75) is 44.9 Å². The third-order valence-corrected chi connectivity index (χ3v) is 4.01. The Morgan fingerprint density at radius 1 is 1.00 bits per heavy atom. The molecule has 3 heteroatoms. The van der Waals surface area contributed by atoms with Gasteiger partial charge in [0.25, 0.3) is 0 Å². The van der Waals surface area contributed by atoms with E-state index >= 15 is 0 Å². The molecule has 1 aromatic heterocycles. The number of carbonyl (C=O) groups excluding carboxylic acids is 2. The van der Waals surface area contributed by atoms with Crippen LogP contribution in [0.1, 0.15) is 60.9 Å². The summed E-state index contributed by atoms with van der Waals surface area (Å²) in [6, 6.07) is 13.0. The summed E-state index contributed by atoms with van der Waals surface area (Å²) in [6.45, 7) is 2.12. The lowest BCUT2D eigenvalue weighted by Crippen LogP contribution is -2.17. The van der Waals surface area contributed by atoms with Gasteiger partial charge in [0.1, 0.15) is 5.78 Å². The maximum absolute atomic E-state index is 12.6. The van der Waals surface area contributed by atoms with E-state index in [-0.39, 0.29) is 23.9 Å². The van der Waals surface area contributed by atoms with Crippen LogP contribution in [0.5, 0.6) is 0 Å². The Morgan fingerprint density at radius 2 is 1.70 bits per heavy atom. The third-order valence-electron chi connectivity index (χ3n) is 4.01. The molecule has 23 heavy (non-hydrogen) atoms. The fourth-order valence-electron chi connectivity index (χ4n) is 2.67. The van der Waals surface area contributed by atoms with Crippen LogP contribution in [0.25, 0.3) is 0 Å². The van der Waals surface area contributed by atoms with Crippen molar-refractivity contribution in [2.24, 2.45) is 0 Å². The Labute approximate surface area is 137 Å². The summed E-state index contributed by atoms with van der Waals surface area (Å²) < 4.78 is 0. The summed E-state index contributed by atoms with van der Waals surface area (Å²) in [5.74, 6) is -0.203. The van der Waals surface area contributed by atoms with Crippen LogP contribution in [0.2, 0.25) is 0 Å². The van der Waals surface area contributed by atoms with Gasteiger partial charge in [0.05, 0.1) is 0 Å². The quantitative estimate of drug-likeness (QED) is 0.503. The molecule has 0 aliphatic carbocycles. The van der Waals surface area contributed by atoms with Gasteiger partial charge >= 0.3 is 0 Å².